The Morgan fingerprint density at radius 2 is 2.00 bits per heavy atom. The number of thiazole rings is 1. The van der Waals surface area contributed by atoms with E-state index in [1.54, 1.807) is 23.6 Å². The minimum absolute atomic E-state index is 0.0688. The number of nitrogens with one attached hydrogen (secondary N) is 1. The molecule has 2 aromatic heterocycles. The van der Waals surface area contributed by atoms with Crippen LogP contribution in [-0.2, 0) is 11.3 Å². The second-order valence-electron chi connectivity index (χ2n) is 6.19. The van der Waals surface area contributed by atoms with Crippen molar-refractivity contribution >= 4 is 22.9 Å². The fourth-order valence-corrected chi connectivity index (χ4v) is 3.55. The van der Waals surface area contributed by atoms with Gasteiger partial charge in [-0.05, 0) is 41.1 Å². The van der Waals surface area contributed by atoms with E-state index in [2.05, 4.69) is 20.8 Å². The van der Waals surface area contributed by atoms with Gasteiger partial charge in [-0.15, -0.1) is 5.10 Å². The molecule has 0 fully saturated rings. The molecule has 1 N–H and O–H groups in total. The van der Waals surface area contributed by atoms with Gasteiger partial charge in [-0.1, -0.05) is 47.2 Å². The lowest BCUT2D eigenvalue weighted by Gasteiger charge is -2.10. The van der Waals surface area contributed by atoms with E-state index in [0.717, 1.165) is 33.8 Å². The first kappa shape index (κ1) is 17.8. The van der Waals surface area contributed by atoms with Gasteiger partial charge in [-0.3, -0.25) is 14.2 Å². The number of aromatic nitrogens is 5. The quantitative estimate of drug-likeness (QED) is 0.563. The highest BCUT2D eigenvalue weighted by atomic mass is 32.1. The average molecular weight is 392 g/mol. The summed E-state index contributed by atoms with van der Waals surface area (Å²) < 4.78 is 2.98. The maximum Gasteiger partial charge on any atom is 0.308 e. The zero-order valence-corrected chi connectivity index (χ0v) is 15.8. The summed E-state index contributed by atoms with van der Waals surface area (Å²) in [6.45, 7) is 1.93. The van der Waals surface area contributed by atoms with Crippen LogP contribution in [0.25, 0.3) is 16.9 Å². The number of nitrogens with zero attached hydrogens (tertiary/aromatic N) is 5. The van der Waals surface area contributed by atoms with Crippen molar-refractivity contribution in [1.82, 2.24) is 24.8 Å². The first-order valence-electron chi connectivity index (χ1n) is 8.49. The first-order chi connectivity index (χ1) is 13.6. The molecule has 0 aliphatic rings. The molecule has 2 heterocycles. The van der Waals surface area contributed by atoms with Crippen molar-refractivity contribution in [3.63, 3.8) is 0 Å². The number of carbonyl (C=O) groups excluding carboxylic acids is 1. The highest BCUT2D eigenvalue weighted by molar-refractivity contribution is 7.07. The third-order valence-corrected chi connectivity index (χ3v) is 4.94. The molecule has 28 heavy (non-hydrogen) atoms. The Balaban J connectivity index is 1.54. The lowest BCUT2D eigenvalue weighted by atomic mass is 10.1. The highest BCUT2D eigenvalue weighted by Crippen LogP contribution is 2.21. The van der Waals surface area contributed by atoms with Crippen LogP contribution < -0.4 is 10.2 Å². The Kier molecular flexibility index (Phi) is 4.81. The van der Waals surface area contributed by atoms with E-state index in [9.17, 15) is 9.59 Å². The maximum atomic E-state index is 12.6. The van der Waals surface area contributed by atoms with E-state index in [4.69, 9.17) is 0 Å². The number of hydrogen-bond donors (Lipinski definition) is 1. The molecule has 0 spiro atoms. The van der Waals surface area contributed by atoms with Crippen LogP contribution in [0.3, 0.4) is 0 Å². The van der Waals surface area contributed by atoms with Gasteiger partial charge in [0.2, 0.25) is 5.91 Å². The number of hydrogen-bond acceptors (Lipinski definition) is 6. The molecule has 0 bridgehead atoms. The Morgan fingerprint density at radius 3 is 2.75 bits per heavy atom. The topological polar surface area (TPSA) is 94.7 Å². The molecule has 2 aromatic carbocycles. The van der Waals surface area contributed by atoms with E-state index in [-0.39, 0.29) is 17.3 Å². The fraction of sp³-hybridized carbons (Fsp3) is 0.105. The Hall–Kier alpha value is -3.59. The van der Waals surface area contributed by atoms with Crippen molar-refractivity contribution in [2.24, 2.45) is 0 Å². The van der Waals surface area contributed by atoms with Gasteiger partial charge in [0.15, 0.2) is 0 Å². The number of benzene rings is 2. The van der Waals surface area contributed by atoms with E-state index in [0.29, 0.717) is 5.69 Å². The van der Waals surface area contributed by atoms with Crippen LogP contribution in [0.2, 0.25) is 0 Å². The minimum atomic E-state index is -0.289. The van der Waals surface area contributed by atoms with Crippen LogP contribution in [0, 0.1) is 6.92 Å². The molecule has 4 aromatic rings. The van der Waals surface area contributed by atoms with Gasteiger partial charge < -0.3 is 5.32 Å². The summed E-state index contributed by atoms with van der Waals surface area (Å²) in [7, 11) is 0. The van der Waals surface area contributed by atoms with E-state index in [1.165, 1.54) is 15.6 Å². The van der Waals surface area contributed by atoms with Crippen LogP contribution in [0.15, 0.2) is 65.0 Å². The summed E-state index contributed by atoms with van der Waals surface area (Å²) in [5.74, 6) is -0.289. The zero-order chi connectivity index (χ0) is 19.5. The van der Waals surface area contributed by atoms with Gasteiger partial charge in [0.1, 0.15) is 12.9 Å². The van der Waals surface area contributed by atoms with Crippen LogP contribution in [0.5, 0.6) is 0 Å². The SMILES string of the molecule is Cc1ccc(-c2csc(=O)n2CC(=O)Nc2cccc(-n3cnnn3)c2)cc1. The second kappa shape index (κ2) is 7.57. The molecule has 0 unspecified atom stereocenters. The molecule has 4 rings (SSSR count). The highest BCUT2D eigenvalue weighted by Gasteiger charge is 2.13. The normalized spacial score (nSPS) is 10.8. The molecule has 1 amide bonds. The van der Waals surface area contributed by atoms with Crippen LogP contribution in [0.4, 0.5) is 5.69 Å². The van der Waals surface area contributed by atoms with Gasteiger partial charge in [0, 0.05) is 11.1 Å². The molecular weight excluding hydrogens is 376 g/mol. The Labute approximate surface area is 164 Å². The van der Waals surface area contributed by atoms with E-state index in [1.807, 2.05) is 37.3 Å². The fourth-order valence-electron chi connectivity index (χ4n) is 2.78. The largest absolute Gasteiger partial charge is 0.324 e. The molecule has 8 nitrogen and oxygen atoms in total. The lowest BCUT2D eigenvalue weighted by Crippen LogP contribution is -2.25. The molecule has 0 saturated heterocycles. The summed E-state index contributed by atoms with van der Waals surface area (Å²) in [5, 5.41) is 15.6. The van der Waals surface area contributed by atoms with Gasteiger partial charge in [0.25, 0.3) is 0 Å². The average Bonchev–Trinajstić information content (AvgIpc) is 3.34. The molecule has 0 aliphatic carbocycles. The van der Waals surface area contributed by atoms with Crippen LogP contribution in [0.1, 0.15) is 5.56 Å². The number of tetrazole rings is 1. The second-order valence-corrected chi connectivity index (χ2v) is 7.01. The summed E-state index contributed by atoms with van der Waals surface area (Å²) in [6, 6.07) is 15.0. The van der Waals surface area contributed by atoms with Crippen molar-refractivity contribution in [2.75, 3.05) is 5.32 Å². The first-order valence-corrected chi connectivity index (χ1v) is 9.37. The molecule has 9 heteroatoms. The number of rotatable bonds is 5. The summed E-state index contributed by atoms with van der Waals surface area (Å²) in [6.07, 6.45) is 1.47. The number of carbonyl (C=O) groups is 1. The molecule has 0 atom stereocenters. The predicted octanol–water partition coefficient (Wildman–Crippen LogP) is 2.50. The maximum absolute atomic E-state index is 12.6. The number of amides is 1. The number of anilines is 1. The van der Waals surface area contributed by atoms with Crippen molar-refractivity contribution in [1.29, 1.82) is 0 Å². The van der Waals surface area contributed by atoms with Crippen molar-refractivity contribution < 1.29 is 4.79 Å². The van der Waals surface area contributed by atoms with Crippen LogP contribution >= 0.6 is 11.3 Å². The molecule has 0 radical (unpaired) electrons. The number of aryl methyl sites for hydroxylation is 1. The predicted molar refractivity (Wildman–Crippen MR) is 107 cm³/mol. The third kappa shape index (κ3) is 3.74. The van der Waals surface area contributed by atoms with Crippen molar-refractivity contribution in [2.45, 2.75) is 13.5 Å². The van der Waals surface area contributed by atoms with Gasteiger partial charge in [-0.25, -0.2) is 4.68 Å². The smallest absolute Gasteiger partial charge is 0.308 e. The Morgan fingerprint density at radius 1 is 1.18 bits per heavy atom. The zero-order valence-electron chi connectivity index (χ0n) is 14.9. The van der Waals surface area contributed by atoms with Gasteiger partial charge >= 0.3 is 4.87 Å². The standard InChI is InChI=1S/C19H16N6O2S/c1-13-5-7-14(8-6-13)17-11-28-19(27)24(17)10-18(26)21-15-3-2-4-16(9-15)25-12-20-22-23-25/h2-9,11-12H,10H2,1H3,(H,21,26). The molecule has 0 saturated carbocycles. The van der Waals surface area contributed by atoms with E-state index >= 15 is 0 Å². The summed E-state index contributed by atoms with van der Waals surface area (Å²) in [4.78, 5) is 24.6. The van der Waals surface area contributed by atoms with E-state index < -0.39 is 0 Å². The molecule has 0 aliphatic heterocycles. The van der Waals surface area contributed by atoms with Gasteiger partial charge in [-0.2, -0.15) is 0 Å². The van der Waals surface area contributed by atoms with Crippen molar-refractivity contribution in [3.8, 4) is 16.9 Å². The Bertz CT molecular complexity index is 1160. The minimum Gasteiger partial charge on any atom is -0.324 e. The van der Waals surface area contributed by atoms with Crippen molar-refractivity contribution in [3.05, 3.63) is 75.5 Å². The van der Waals surface area contributed by atoms with Crippen LogP contribution in [-0.4, -0.2) is 30.7 Å². The van der Waals surface area contributed by atoms with Gasteiger partial charge in [0.05, 0.1) is 11.4 Å². The monoisotopic (exact) mass is 392 g/mol. The third-order valence-electron chi connectivity index (χ3n) is 4.18. The molecular formula is C19H16N6O2S. The molecule has 140 valence electrons. The summed E-state index contributed by atoms with van der Waals surface area (Å²) >= 11 is 1.08. The lowest BCUT2D eigenvalue weighted by molar-refractivity contribution is -0.116. The summed E-state index contributed by atoms with van der Waals surface area (Å²) in [5.41, 5.74) is 4.08.